The fourth-order valence-electron chi connectivity index (χ4n) is 3.60. The van der Waals surface area contributed by atoms with Crippen molar-refractivity contribution in [3.63, 3.8) is 0 Å². The molecule has 27 heavy (non-hydrogen) atoms. The smallest absolute Gasteiger partial charge is 0.254 e. The minimum atomic E-state index is -0.293. The number of hydrogen-bond donors (Lipinski definition) is 0. The molecule has 2 aromatic carbocycles. The molecular weight excluding hydrogens is 347 g/mol. The maximum Gasteiger partial charge on any atom is 0.254 e. The number of benzene rings is 2. The number of halogens is 1. The lowest BCUT2D eigenvalue weighted by Crippen LogP contribution is -2.42. The molecule has 0 N–H and O–H groups in total. The van der Waals surface area contributed by atoms with E-state index in [1.54, 1.807) is 34.1 Å². The fraction of sp³-hybridized carbons (Fsp3) is 0.333. The van der Waals surface area contributed by atoms with E-state index in [0.29, 0.717) is 31.7 Å². The van der Waals surface area contributed by atoms with Crippen LogP contribution in [-0.2, 0) is 9.53 Å². The lowest BCUT2D eigenvalue weighted by Gasteiger charge is -2.33. The maximum absolute atomic E-state index is 13.1. The van der Waals surface area contributed by atoms with Gasteiger partial charge in [-0.05, 0) is 48.4 Å². The van der Waals surface area contributed by atoms with Gasteiger partial charge in [0.15, 0.2) is 0 Å². The van der Waals surface area contributed by atoms with E-state index in [0.717, 1.165) is 24.2 Å². The van der Waals surface area contributed by atoms with Crippen molar-refractivity contribution in [1.29, 1.82) is 0 Å². The van der Waals surface area contributed by atoms with Crippen LogP contribution in [0.1, 0.15) is 34.9 Å². The normalized spacial score (nSPS) is 20.2. The molecule has 2 aromatic rings. The molecule has 0 aliphatic carbocycles. The van der Waals surface area contributed by atoms with Crippen LogP contribution in [0.4, 0.5) is 10.1 Å². The third-order valence-corrected chi connectivity index (χ3v) is 5.09. The van der Waals surface area contributed by atoms with Gasteiger partial charge in [-0.2, -0.15) is 0 Å². The van der Waals surface area contributed by atoms with Gasteiger partial charge in [-0.15, -0.1) is 0 Å². The van der Waals surface area contributed by atoms with Crippen molar-refractivity contribution in [2.45, 2.75) is 18.9 Å². The zero-order valence-corrected chi connectivity index (χ0v) is 14.9. The van der Waals surface area contributed by atoms with Gasteiger partial charge >= 0.3 is 0 Å². The van der Waals surface area contributed by atoms with Crippen LogP contribution in [0, 0.1) is 5.82 Å². The van der Waals surface area contributed by atoms with E-state index in [4.69, 9.17) is 4.74 Å². The number of rotatable bonds is 3. The summed E-state index contributed by atoms with van der Waals surface area (Å²) < 4.78 is 18.9. The topological polar surface area (TPSA) is 49.9 Å². The molecule has 0 unspecified atom stereocenters. The number of carbonyl (C=O) groups is 2. The summed E-state index contributed by atoms with van der Waals surface area (Å²) in [5.41, 5.74) is 2.28. The molecule has 0 spiro atoms. The van der Waals surface area contributed by atoms with Crippen LogP contribution in [0.15, 0.2) is 48.5 Å². The highest BCUT2D eigenvalue weighted by Crippen LogP contribution is 2.25. The molecule has 6 heteroatoms. The molecule has 2 heterocycles. The third kappa shape index (κ3) is 3.71. The van der Waals surface area contributed by atoms with Gasteiger partial charge in [0.2, 0.25) is 5.91 Å². The SMILES string of the molecule is O=C(c1ccc(N2CCCC2=O)cc1)N1CCO[C@H](c2ccc(F)cc2)C1. The molecule has 0 bridgehead atoms. The van der Waals surface area contributed by atoms with Crippen LogP contribution in [0.2, 0.25) is 0 Å². The van der Waals surface area contributed by atoms with Crippen molar-refractivity contribution in [3.05, 3.63) is 65.5 Å². The van der Waals surface area contributed by atoms with Crippen LogP contribution in [-0.4, -0.2) is 43.0 Å². The molecule has 0 radical (unpaired) electrons. The zero-order valence-electron chi connectivity index (χ0n) is 14.9. The number of amides is 2. The van der Waals surface area contributed by atoms with Gasteiger partial charge in [0.1, 0.15) is 11.9 Å². The van der Waals surface area contributed by atoms with E-state index >= 15 is 0 Å². The Morgan fingerprint density at radius 2 is 1.78 bits per heavy atom. The van der Waals surface area contributed by atoms with Crippen LogP contribution in [0.3, 0.4) is 0 Å². The first-order chi connectivity index (χ1) is 13.1. The molecule has 2 saturated heterocycles. The Bertz CT molecular complexity index is 836. The highest BCUT2D eigenvalue weighted by molar-refractivity contribution is 5.97. The first kappa shape index (κ1) is 17.7. The summed E-state index contributed by atoms with van der Waals surface area (Å²) in [6.07, 6.45) is 1.20. The fourth-order valence-corrected chi connectivity index (χ4v) is 3.60. The van der Waals surface area contributed by atoms with Crippen molar-refractivity contribution in [1.82, 2.24) is 4.90 Å². The van der Waals surface area contributed by atoms with Gasteiger partial charge < -0.3 is 14.5 Å². The van der Waals surface area contributed by atoms with Gasteiger partial charge in [0.05, 0.1) is 13.2 Å². The largest absolute Gasteiger partial charge is 0.370 e. The highest BCUT2D eigenvalue weighted by Gasteiger charge is 2.27. The summed E-state index contributed by atoms with van der Waals surface area (Å²) in [4.78, 5) is 28.2. The van der Waals surface area contributed by atoms with E-state index < -0.39 is 0 Å². The van der Waals surface area contributed by atoms with Crippen LogP contribution >= 0.6 is 0 Å². The van der Waals surface area contributed by atoms with Crippen LogP contribution in [0.25, 0.3) is 0 Å². The minimum Gasteiger partial charge on any atom is -0.370 e. The van der Waals surface area contributed by atoms with Crippen molar-refractivity contribution in [2.24, 2.45) is 0 Å². The highest BCUT2D eigenvalue weighted by atomic mass is 19.1. The summed E-state index contributed by atoms with van der Waals surface area (Å²) in [7, 11) is 0. The standard InChI is InChI=1S/C21H21FN2O3/c22-17-7-3-15(4-8-17)19-14-23(12-13-27-19)21(26)16-5-9-18(10-6-16)24-11-1-2-20(24)25/h3-10,19H,1-2,11-14H2/t19-/m0/s1. The molecule has 4 rings (SSSR count). The number of anilines is 1. The Morgan fingerprint density at radius 1 is 1.04 bits per heavy atom. The van der Waals surface area contributed by atoms with E-state index in [1.165, 1.54) is 12.1 Å². The van der Waals surface area contributed by atoms with E-state index in [9.17, 15) is 14.0 Å². The van der Waals surface area contributed by atoms with Gasteiger partial charge in [-0.3, -0.25) is 9.59 Å². The number of nitrogens with zero attached hydrogens (tertiary/aromatic N) is 2. The second-order valence-corrected chi connectivity index (χ2v) is 6.86. The minimum absolute atomic E-state index is 0.0651. The Labute approximate surface area is 157 Å². The number of morpholine rings is 1. The second kappa shape index (κ2) is 7.48. The Hall–Kier alpha value is -2.73. The quantitative estimate of drug-likeness (QED) is 0.836. The first-order valence-electron chi connectivity index (χ1n) is 9.18. The predicted octanol–water partition coefficient (Wildman–Crippen LogP) is 3.17. The van der Waals surface area contributed by atoms with E-state index in [1.807, 2.05) is 12.1 Å². The zero-order chi connectivity index (χ0) is 18.8. The summed E-state index contributed by atoms with van der Waals surface area (Å²) in [5, 5.41) is 0. The summed E-state index contributed by atoms with van der Waals surface area (Å²) in [5.74, 6) is -0.229. The van der Waals surface area contributed by atoms with Crippen LogP contribution in [0.5, 0.6) is 0 Å². The van der Waals surface area contributed by atoms with Crippen molar-refractivity contribution in [2.75, 3.05) is 31.1 Å². The summed E-state index contributed by atoms with van der Waals surface area (Å²) >= 11 is 0. The Morgan fingerprint density at radius 3 is 2.44 bits per heavy atom. The second-order valence-electron chi connectivity index (χ2n) is 6.86. The monoisotopic (exact) mass is 368 g/mol. The third-order valence-electron chi connectivity index (χ3n) is 5.09. The molecule has 140 valence electrons. The average molecular weight is 368 g/mol. The first-order valence-corrected chi connectivity index (χ1v) is 9.18. The van der Waals surface area contributed by atoms with Gasteiger partial charge in [-0.25, -0.2) is 4.39 Å². The number of carbonyl (C=O) groups excluding carboxylic acids is 2. The van der Waals surface area contributed by atoms with Gasteiger partial charge in [-0.1, -0.05) is 12.1 Å². The summed E-state index contributed by atoms with van der Waals surface area (Å²) in [6, 6.07) is 13.4. The van der Waals surface area contributed by atoms with Gasteiger partial charge in [0, 0.05) is 30.8 Å². The van der Waals surface area contributed by atoms with E-state index in [-0.39, 0.29) is 23.7 Å². The Kier molecular flexibility index (Phi) is 4.90. The molecule has 2 aliphatic heterocycles. The van der Waals surface area contributed by atoms with Crippen molar-refractivity contribution < 1.29 is 18.7 Å². The lowest BCUT2D eigenvalue weighted by molar-refractivity contribution is -0.117. The predicted molar refractivity (Wildman–Crippen MR) is 99.0 cm³/mol. The molecule has 2 amide bonds. The molecule has 0 saturated carbocycles. The molecule has 2 aliphatic rings. The van der Waals surface area contributed by atoms with Crippen molar-refractivity contribution >= 4 is 17.5 Å². The Balaban J connectivity index is 1.45. The molecule has 5 nitrogen and oxygen atoms in total. The average Bonchev–Trinajstić information content (AvgIpc) is 3.14. The maximum atomic E-state index is 13.1. The molecular formula is C21H21FN2O3. The van der Waals surface area contributed by atoms with E-state index in [2.05, 4.69) is 0 Å². The number of hydrogen-bond acceptors (Lipinski definition) is 3. The molecule has 0 aromatic heterocycles. The molecule has 1 atom stereocenters. The van der Waals surface area contributed by atoms with Crippen molar-refractivity contribution in [3.8, 4) is 0 Å². The van der Waals surface area contributed by atoms with Gasteiger partial charge in [0.25, 0.3) is 5.91 Å². The number of ether oxygens (including phenoxy) is 1. The van der Waals surface area contributed by atoms with Crippen LogP contribution < -0.4 is 4.90 Å². The molecule has 2 fully saturated rings. The lowest BCUT2D eigenvalue weighted by atomic mass is 10.1. The summed E-state index contributed by atoms with van der Waals surface area (Å²) in [6.45, 7) is 2.11.